The molecular formula is C16H20BrNO3. The topological polar surface area (TPSA) is 57.6 Å². The molecule has 0 aromatic heterocycles. The highest BCUT2D eigenvalue weighted by Crippen LogP contribution is 2.31. The molecule has 21 heavy (non-hydrogen) atoms. The van der Waals surface area contributed by atoms with Gasteiger partial charge in [0, 0.05) is 23.1 Å². The van der Waals surface area contributed by atoms with Crippen molar-refractivity contribution in [2.45, 2.75) is 33.6 Å². The van der Waals surface area contributed by atoms with E-state index in [0.717, 1.165) is 22.0 Å². The summed E-state index contributed by atoms with van der Waals surface area (Å²) < 4.78 is 0.977. The molecule has 1 N–H and O–H groups in total. The summed E-state index contributed by atoms with van der Waals surface area (Å²) in [5, 5.41) is 9.36. The molecule has 0 bridgehead atoms. The third kappa shape index (κ3) is 3.12. The number of carboxylic acid groups (broad SMARTS) is 1. The lowest BCUT2D eigenvalue weighted by Crippen LogP contribution is -2.48. The summed E-state index contributed by atoms with van der Waals surface area (Å²) in [7, 11) is 0. The number of rotatable bonds is 2. The quantitative estimate of drug-likeness (QED) is 0.886. The van der Waals surface area contributed by atoms with Crippen molar-refractivity contribution in [3.8, 4) is 0 Å². The second kappa shape index (κ2) is 5.79. The van der Waals surface area contributed by atoms with Gasteiger partial charge in [-0.15, -0.1) is 0 Å². The van der Waals surface area contributed by atoms with Crippen LogP contribution in [0.15, 0.2) is 16.6 Å². The van der Waals surface area contributed by atoms with E-state index in [4.69, 9.17) is 0 Å². The summed E-state index contributed by atoms with van der Waals surface area (Å²) in [6.45, 7) is 6.45. The van der Waals surface area contributed by atoms with E-state index in [2.05, 4.69) is 15.9 Å². The molecular weight excluding hydrogens is 334 g/mol. The Hall–Kier alpha value is -1.36. The van der Waals surface area contributed by atoms with Gasteiger partial charge in [0.25, 0.3) is 5.91 Å². The molecule has 4 nitrogen and oxygen atoms in total. The predicted octanol–water partition coefficient (Wildman–Crippen LogP) is 3.39. The smallest absolute Gasteiger partial charge is 0.311 e. The molecule has 1 aliphatic heterocycles. The maximum atomic E-state index is 12.7. The van der Waals surface area contributed by atoms with Gasteiger partial charge in [0.1, 0.15) is 0 Å². The normalized spacial score (nSPS) is 22.2. The van der Waals surface area contributed by atoms with E-state index in [1.54, 1.807) is 11.8 Å². The number of carbonyl (C=O) groups is 2. The monoisotopic (exact) mass is 353 g/mol. The maximum Gasteiger partial charge on any atom is 0.311 e. The minimum absolute atomic E-state index is 0.0738. The van der Waals surface area contributed by atoms with Crippen LogP contribution in [0.3, 0.4) is 0 Å². The van der Waals surface area contributed by atoms with E-state index in [9.17, 15) is 14.7 Å². The molecule has 1 unspecified atom stereocenters. The van der Waals surface area contributed by atoms with Gasteiger partial charge in [-0.2, -0.15) is 0 Å². The summed E-state index contributed by atoms with van der Waals surface area (Å²) in [4.78, 5) is 25.8. The highest BCUT2D eigenvalue weighted by atomic mass is 79.9. The molecule has 1 amide bonds. The number of hydrogen-bond donors (Lipinski definition) is 1. The van der Waals surface area contributed by atoms with Crippen molar-refractivity contribution in [1.82, 2.24) is 4.90 Å². The van der Waals surface area contributed by atoms with Crippen molar-refractivity contribution >= 4 is 27.8 Å². The van der Waals surface area contributed by atoms with Crippen LogP contribution in [0.25, 0.3) is 0 Å². The van der Waals surface area contributed by atoms with Crippen molar-refractivity contribution in [1.29, 1.82) is 0 Å². The van der Waals surface area contributed by atoms with Gasteiger partial charge in [-0.1, -0.05) is 15.9 Å². The summed E-state index contributed by atoms with van der Waals surface area (Å²) in [5.74, 6) is -0.904. The van der Waals surface area contributed by atoms with Crippen LogP contribution in [-0.2, 0) is 4.79 Å². The van der Waals surface area contributed by atoms with Crippen LogP contribution >= 0.6 is 15.9 Å². The van der Waals surface area contributed by atoms with E-state index >= 15 is 0 Å². The van der Waals surface area contributed by atoms with Crippen molar-refractivity contribution in [2.75, 3.05) is 13.1 Å². The Morgan fingerprint density at radius 2 is 1.95 bits per heavy atom. The van der Waals surface area contributed by atoms with Crippen LogP contribution in [0.1, 0.15) is 41.3 Å². The molecule has 0 radical (unpaired) electrons. The van der Waals surface area contributed by atoms with Crippen LogP contribution < -0.4 is 0 Å². The summed E-state index contributed by atoms with van der Waals surface area (Å²) >= 11 is 3.46. The van der Waals surface area contributed by atoms with E-state index in [0.29, 0.717) is 18.5 Å². The molecule has 0 saturated carbocycles. The number of likely N-dealkylation sites (tertiary alicyclic amines) is 1. The Morgan fingerprint density at radius 1 is 1.29 bits per heavy atom. The molecule has 1 saturated heterocycles. The van der Waals surface area contributed by atoms with Crippen molar-refractivity contribution in [2.24, 2.45) is 5.41 Å². The minimum atomic E-state index is -0.841. The Labute approximate surface area is 133 Å². The molecule has 2 rings (SSSR count). The first-order valence-corrected chi connectivity index (χ1v) is 7.83. The largest absolute Gasteiger partial charge is 0.481 e. The van der Waals surface area contributed by atoms with Gasteiger partial charge < -0.3 is 10.0 Å². The lowest BCUT2D eigenvalue weighted by atomic mass is 9.82. The van der Waals surface area contributed by atoms with Gasteiger partial charge in [-0.25, -0.2) is 0 Å². The van der Waals surface area contributed by atoms with E-state index < -0.39 is 11.4 Å². The van der Waals surface area contributed by atoms with Gasteiger partial charge in [0.05, 0.1) is 5.41 Å². The second-order valence-electron chi connectivity index (χ2n) is 6.11. The molecule has 1 heterocycles. The third-order valence-electron chi connectivity index (χ3n) is 4.24. The van der Waals surface area contributed by atoms with Crippen LogP contribution in [0, 0.1) is 19.3 Å². The van der Waals surface area contributed by atoms with Crippen LogP contribution in [0.2, 0.25) is 0 Å². The zero-order valence-corrected chi connectivity index (χ0v) is 14.2. The molecule has 1 atom stereocenters. The number of amides is 1. The van der Waals surface area contributed by atoms with Gasteiger partial charge in [-0.3, -0.25) is 9.59 Å². The van der Waals surface area contributed by atoms with Gasteiger partial charge >= 0.3 is 5.97 Å². The Kier molecular flexibility index (Phi) is 4.42. The van der Waals surface area contributed by atoms with E-state index in [1.807, 2.05) is 26.0 Å². The zero-order chi connectivity index (χ0) is 15.8. The highest BCUT2D eigenvalue weighted by Gasteiger charge is 2.39. The molecule has 1 aromatic rings. The first-order valence-electron chi connectivity index (χ1n) is 7.04. The fourth-order valence-corrected chi connectivity index (χ4v) is 3.23. The molecule has 0 spiro atoms. The minimum Gasteiger partial charge on any atom is -0.481 e. The molecule has 1 aliphatic rings. The Morgan fingerprint density at radius 3 is 2.57 bits per heavy atom. The lowest BCUT2D eigenvalue weighted by Gasteiger charge is -2.37. The highest BCUT2D eigenvalue weighted by molar-refractivity contribution is 9.10. The Bertz CT molecular complexity index is 599. The fourth-order valence-electron chi connectivity index (χ4n) is 2.77. The zero-order valence-electron chi connectivity index (χ0n) is 12.6. The average molecular weight is 354 g/mol. The number of hydrogen-bond acceptors (Lipinski definition) is 2. The number of nitrogens with zero attached hydrogens (tertiary/aromatic N) is 1. The van der Waals surface area contributed by atoms with Gasteiger partial charge in [0.2, 0.25) is 0 Å². The number of benzene rings is 1. The van der Waals surface area contributed by atoms with E-state index in [1.165, 1.54) is 0 Å². The number of aliphatic carboxylic acids is 1. The molecule has 1 aromatic carbocycles. The van der Waals surface area contributed by atoms with E-state index in [-0.39, 0.29) is 12.5 Å². The van der Waals surface area contributed by atoms with Gasteiger partial charge in [0.15, 0.2) is 0 Å². The SMILES string of the molecule is Cc1cc(C(=O)N2CCCC(C)(C(=O)O)C2)c(C)cc1Br. The van der Waals surface area contributed by atoms with Crippen LogP contribution in [0.5, 0.6) is 0 Å². The van der Waals surface area contributed by atoms with Crippen LogP contribution in [-0.4, -0.2) is 35.0 Å². The molecule has 5 heteroatoms. The second-order valence-corrected chi connectivity index (χ2v) is 6.97. The fraction of sp³-hybridized carbons (Fsp3) is 0.500. The number of halogens is 1. The Balaban J connectivity index is 2.28. The molecule has 114 valence electrons. The summed E-state index contributed by atoms with van der Waals surface area (Å²) in [5.41, 5.74) is 1.72. The predicted molar refractivity (Wildman–Crippen MR) is 84.5 cm³/mol. The number of piperidine rings is 1. The van der Waals surface area contributed by atoms with Crippen molar-refractivity contribution < 1.29 is 14.7 Å². The number of carboxylic acids is 1. The van der Waals surface area contributed by atoms with Crippen molar-refractivity contribution in [3.63, 3.8) is 0 Å². The van der Waals surface area contributed by atoms with Crippen molar-refractivity contribution in [3.05, 3.63) is 33.3 Å². The maximum absolute atomic E-state index is 12.7. The number of carbonyl (C=O) groups excluding carboxylic acids is 1. The lowest BCUT2D eigenvalue weighted by molar-refractivity contribution is -0.150. The summed E-state index contributed by atoms with van der Waals surface area (Å²) in [6.07, 6.45) is 1.34. The number of aryl methyl sites for hydroxylation is 2. The van der Waals surface area contributed by atoms with Gasteiger partial charge in [-0.05, 0) is 56.9 Å². The summed E-state index contributed by atoms with van der Waals surface area (Å²) in [6, 6.07) is 3.80. The average Bonchev–Trinajstić information content (AvgIpc) is 2.42. The molecule has 0 aliphatic carbocycles. The third-order valence-corrected chi connectivity index (χ3v) is 5.09. The molecule has 1 fully saturated rings. The first-order chi connectivity index (χ1) is 9.74. The standard InChI is InChI=1S/C16H20BrNO3/c1-10-8-13(17)11(2)7-12(10)14(19)18-6-4-5-16(3,9-18)15(20)21/h7-8H,4-6,9H2,1-3H3,(H,20,21). The first kappa shape index (κ1) is 16.0. The van der Waals surface area contributed by atoms with Crippen LogP contribution in [0.4, 0.5) is 0 Å².